The SMILES string of the molecule is CCC1CCC(N(Cc2ccccc2)C(=O)C(C)(C)C)CC1. The predicted molar refractivity (Wildman–Crippen MR) is 92.5 cm³/mol. The lowest BCUT2D eigenvalue weighted by Crippen LogP contribution is -2.46. The van der Waals surface area contributed by atoms with Crippen LogP contribution in [0.15, 0.2) is 30.3 Å². The lowest BCUT2D eigenvalue weighted by Gasteiger charge is -2.40. The number of hydrogen-bond acceptors (Lipinski definition) is 1. The second-order valence-electron chi connectivity index (χ2n) is 7.75. The molecule has 2 rings (SSSR count). The van der Waals surface area contributed by atoms with Crippen LogP contribution in [-0.4, -0.2) is 16.8 Å². The Kier molecular flexibility index (Phi) is 5.66. The van der Waals surface area contributed by atoms with Crippen LogP contribution in [0, 0.1) is 11.3 Å². The van der Waals surface area contributed by atoms with Gasteiger partial charge in [-0.25, -0.2) is 0 Å². The van der Waals surface area contributed by atoms with Crippen molar-refractivity contribution in [2.24, 2.45) is 11.3 Å². The summed E-state index contributed by atoms with van der Waals surface area (Å²) in [6, 6.07) is 10.8. The van der Waals surface area contributed by atoms with Crippen molar-refractivity contribution in [3.63, 3.8) is 0 Å². The molecular formula is C20H31NO. The molecule has 2 heteroatoms. The molecule has 0 unspecified atom stereocenters. The maximum atomic E-state index is 12.9. The Labute approximate surface area is 135 Å². The number of carbonyl (C=O) groups excluding carboxylic acids is 1. The molecule has 0 saturated heterocycles. The molecule has 0 N–H and O–H groups in total. The molecule has 1 aliphatic rings. The Hall–Kier alpha value is -1.31. The summed E-state index contributed by atoms with van der Waals surface area (Å²) in [4.78, 5) is 15.1. The molecule has 1 saturated carbocycles. The summed E-state index contributed by atoms with van der Waals surface area (Å²) in [6.07, 6.45) is 6.13. The zero-order valence-corrected chi connectivity index (χ0v) is 14.6. The summed E-state index contributed by atoms with van der Waals surface area (Å²) < 4.78 is 0. The first-order valence-corrected chi connectivity index (χ1v) is 8.76. The summed E-state index contributed by atoms with van der Waals surface area (Å²) in [5.74, 6) is 1.15. The van der Waals surface area contributed by atoms with Crippen LogP contribution in [0.4, 0.5) is 0 Å². The second-order valence-corrected chi connectivity index (χ2v) is 7.75. The number of carbonyl (C=O) groups is 1. The molecule has 1 aliphatic carbocycles. The Bertz CT molecular complexity index is 466. The molecule has 122 valence electrons. The zero-order valence-electron chi connectivity index (χ0n) is 14.6. The van der Waals surface area contributed by atoms with Gasteiger partial charge in [0.1, 0.15) is 0 Å². The van der Waals surface area contributed by atoms with Crippen LogP contribution in [0.1, 0.15) is 65.4 Å². The highest BCUT2D eigenvalue weighted by molar-refractivity contribution is 5.81. The number of amides is 1. The summed E-state index contributed by atoms with van der Waals surface area (Å²) >= 11 is 0. The molecule has 0 atom stereocenters. The van der Waals surface area contributed by atoms with E-state index < -0.39 is 0 Å². The number of rotatable bonds is 4. The predicted octanol–water partition coefficient (Wildman–Crippen LogP) is 5.03. The minimum Gasteiger partial charge on any atom is -0.335 e. The van der Waals surface area contributed by atoms with Crippen LogP contribution in [-0.2, 0) is 11.3 Å². The van der Waals surface area contributed by atoms with Crippen molar-refractivity contribution in [2.75, 3.05) is 0 Å². The monoisotopic (exact) mass is 301 g/mol. The van der Waals surface area contributed by atoms with Gasteiger partial charge >= 0.3 is 0 Å². The summed E-state index contributed by atoms with van der Waals surface area (Å²) in [5.41, 5.74) is 0.925. The van der Waals surface area contributed by atoms with Crippen molar-refractivity contribution < 1.29 is 4.79 Å². The third kappa shape index (κ3) is 4.34. The van der Waals surface area contributed by atoms with Crippen LogP contribution >= 0.6 is 0 Å². The van der Waals surface area contributed by atoms with E-state index in [2.05, 4.69) is 36.1 Å². The van der Waals surface area contributed by atoms with Gasteiger partial charge in [0.15, 0.2) is 0 Å². The van der Waals surface area contributed by atoms with Crippen LogP contribution < -0.4 is 0 Å². The first-order chi connectivity index (χ1) is 10.4. The third-order valence-corrected chi connectivity index (χ3v) is 4.93. The third-order valence-electron chi connectivity index (χ3n) is 4.93. The smallest absolute Gasteiger partial charge is 0.228 e. The zero-order chi connectivity index (χ0) is 16.2. The van der Waals surface area contributed by atoms with Gasteiger partial charge in [-0.05, 0) is 37.2 Å². The Morgan fingerprint density at radius 2 is 1.68 bits per heavy atom. The molecule has 22 heavy (non-hydrogen) atoms. The lowest BCUT2D eigenvalue weighted by atomic mass is 9.82. The lowest BCUT2D eigenvalue weighted by molar-refractivity contribution is -0.143. The fourth-order valence-corrected chi connectivity index (χ4v) is 3.44. The van der Waals surface area contributed by atoms with Gasteiger partial charge in [0, 0.05) is 18.0 Å². The van der Waals surface area contributed by atoms with E-state index in [0.29, 0.717) is 6.04 Å². The first kappa shape index (κ1) is 17.1. The summed E-state index contributed by atoms with van der Waals surface area (Å²) in [7, 11) is 0. The van der Waals surface area contributed by atoms with Crippen molar-refractivity contribution in [3.8, 4) is 0 Å². The standard InChI is InChI=1S/C20H31NO/c1-5-16-11-13-18(14-12-16)21(19(22)20(2,3)4)15-17-9-7-6-8-10-17/h6-10,16,18H,5,11-15H2,1-4H3. The minimum absolute atomic E-state index is 0.288. The maximum absolute atomic E-state index is 12.9. The highest BCUT2D eigenvalue weighted by Crippen LogP contribution is 2.32. The number of hydrogen-bond donors (Lipinski definition) is 0. The van der Waals surface area contributed by atoms with Gasteiger partial charge in [-0.2, -0.15) is 0 Å². The first-order valence-electron chi connectivity index (χ1n) is 8.76. The average molecular weight is 301 g/mol. The normalized spacial score (nSPS) is 22.4. The van der Waals surface area contributed by atoms with Crippen LogP contribution in [0.2, 0.25) is 0 Å². The average Bonchev–Trinajstić information content (AvgIpc) is 2.52. The van der Waals surface area contributed by atoms with Gasteiger partial charge in [-0.15, -0.1) is 0 Å². The van der Waals surface area contributed by atoms with E-state index in [1.165, 1.54) is 24.8 Å². The van der Waals surface area contributed by atoms with E-state index in [9.17, 15) is 4.79 Å². The molecule has 1 fully saturated rings. The largest absolute Gasteiger partial charge is 0.335 e. The maximum Gasteiger partial charge on any atom is 0.228 e. The molecule has 0 radical (unpaired) electrons. The highest BCUT2D eigenvalue weighted by Gasteiger charge is 2.33. The Morgan fingerprint density at radius 1 is 1.09 bits per heavy atom. The molecule has 0 aromatic heterocycles. The van der Waals surface area contributed by atoms with Gasteiger partial charge in [0.25, 0.3) is 0 Å². The van der Waals surface area contributed by atoms with Gasteiger partial charge in [0.05, 0.1) is 0 Å². The fraction of sp³-hybridized carbons (Fsp3) is 0.650. The molecule has 0 heterocycles. The molecule has 1 amide bonds. The second kappa shape index (κ2) is 7.30. The Balaban J connectivity index is 2.13. The van der Waals surface area contributed by atoms with E-state index in [1.807, 2.05) is 26.8 Å². The molecule has 1 aromatic carbocycles. The van der Waals surface area contributed by atoms with Crippen molar-refractivity contribution in [3.05, 3.63) is 35.9 Å². The number of benzene rings is 1. The highest BCUT2D eigenvalue weighted by atomic mass is 16.2. The van der Waals surface area contributed by atoms with Crippen molar-refractivity contribution >= 4 is 5.91 Å². The Morgan fingerprint density at radius 3 is 2.18 bits per heavy atom. The quantitative estimate of drug-likeness (QED) is 0.763. The summed E-state index contributed by atoms with van der Waals surface area (Å²) in [6.45, 7) is 9.13. The van der Waals surface area contributed by atoms with Gasteiger partial charge < -0.3 is 4.90 Å². The van der Waals surface area contributed by atoms with Crippen LogP contribution in [0.5, 0.6) is 0 Å². The molecule has 2 nitrogen and oxygen atoms in total. The van der Waals surface area contributed by atoms with Gasteiger partial charge in [-0.1, -0.05) is 64.4 Å². The number of nitrogens with zero attached hydrogens (tertiary/aromatic N) is 1. The van der Waals surface area contributed by atoms with Crippen molar-refractivity contribution in [2.45, 2.75) is 72.4 Å². The molecule has 0 aliphatic heterocycles. The fourth-order valence-electron chi connectivity index (χ4n) is 3.44. The molecule has 1 aromatic rings. The van der Waals surface area contributed by atoms with Crippen LogP contribution in [0.25, 0.3) is 0 Å². The van der Waals surface area contributed by atoms with E-state index in [4.69, 9.17) is 0 Å². The molecular weight excluding hydrogens is 270 g/mol. The topological polar surface area (TPSA) is 20.3 Å². The minimum atomic E-state index is -0.309. The van der Waals surface area contributed by atoms with E-state index in [0.717, 1.165) is 25.3 Å². The van der Waals surface area contributed by atoms with E-state index in [1.54, 1.807) is 0 Å². The molecule has 0 spiro atoms. The van der Waals surface area contributed by atoms with Gasteiger partial charge in [0.2, 0.25) is 5.91 Å². The van der Waals surface area contributed by atoms with Crippen LogP contribution in [0.3, 0.4) is 0 Å². The summed E-state index contributed by atoms with van der Waals surface area (Å²) in [5, 5.41) is 0. The van der Waals surface area contributed by atoms with Gasteiger partial charge in [-0.3, -0.25) is 4.79 Å². The van der Waals surface area contributed by atoms with Crippen molar-refractivity contribution in [1.29, 1.82) is 0 Å². The van der Waals surface area contributed by atoms with Crippen molar-refractivity contribution in [1.82, 2.24) is 4.90 Å². The van der Waals surface area contributed by atoms with E-state index in [-0.39, 0.29) is 11.3 Å². The van der Waals surface area contributed by atoms with E-state index >= 15 is 0 Å². The molecule has 0 bridgehead atoms.